The van der Waals surface area contributed by atoms with Crippen molar-refractivity contribution >= 4 is 46.0 Å². The molecule has 0 aliphatic carbocycles. The average Bonchev–Trinajstić information content (AvgIpc) is 3.70. The maximum absolute atomic E-state index is 11.5. The first-order chi connectivity index (χ1) is 40.7. The van der Waals surface area contributed by atoms with Gasteiger partial charge in [0.15, 0.2) is 5.78 Å². The van der Waals surface area contributed by atoms with Gasteiger partial charge in [-0.1, -0.05) is 88.6 Å². The molecule has 22 nitrogen and oxygen atoms in total. The molecule has 3 fully saturated rings. The molecule has 0 saturated carbocycles. The summed E-state index contributed by atoms with van der Waals surface area (Å²) in [5, 5.41) is 44.4. The summed E-state index contributed by atoms with van der Waals surface area (Å²) in [6, 6.07) is 30.7. The van der Waals surface area contributed by atoms with Crippen molar-refractivity contribution in [1.82, 2.24) is 29.7 Å². The van der Waals surface area contributed by atoms with Gasteiger partial charge in [0.25, 0.3) is 5.69 Å². The summed E-state index contributed by atoms with van der Waals surface area (Å²) in [7, 11) is 0. The van der Waals surface area contributed by atoms with Gasteiger partial charge in [-0.2, -0.15) is 0 Å². The molecule has 0 spiro atoms. The monoisotopic (exact) mass is 1150 g/mol. The second-order valence-corrected chi connectivity index (χ2v) is 20.6. The lowest BCUT2D eigenvalue weighted by Crippen LogP contribution is -2.46. The molecule has 0 radical (unpaired) electrons. The van der Waals surface area contributed by atoms with Crippen LogP contribution in [0.5, 0.6) is 0 Å². The Balaban J connectivity index is 0.000000183. The fourth-order valence-corrected chi connectivity index (χ4v) is 9.13. The first-order valence-corrected chi connectivity index (χ1v) is 27.0. The zero-order valence-electron chi connectivity index (χ0n) is 47.7. The number of piperazine rings is 3. The van der Waals surface area contributed by atoms with Gasteiger partial charge in [0.1, 0.15) is 0 Å². The molecule has 3 aliphatic heterocycles. The number of nitrogens with zero attached hydrogens (tertiary/aromatic N) is 13. The van der Waals surface area contributed by atoms with Crippen molar-refractivity contribution in [2.24, 2.45) is 0 Å². The van der Waals surface area contributed by atoms with Crippen LogP contribution in [-0.4, -0.2) is 134 Å². The number of ketones is 1. The van der Waals surface area contributed by atoms with Crippen LogP contribution in [0, 0.1) is 76.0 Å². The second-order valence-electron chi connectivity index (χ2n) is 20.6. The third-order valence-corrected chi connectivity index (χ3v) is 13.9. The Kier molecular flexibility index (Phi) is 20.8. The lowest BCUT2D eigenvalue weighted by atomic mass is 9.87. The molecule has 3 aliphatic rings. The molecule has 0 N–H and O–H groups in total. The number of hydrogen-bond acceptors (Lipinski definition) is 18. The number of nitro groups is 4. The van der Waals surface area contributed by atoms with Crippen LogP contribution in [0.2, 0.25) is 0 Å². The van der Waals surface area contributed by atoms with Gasteiger partial charge in [-0.25, -0.2) is 15.0 Å². The van der Waals surface area contributed by atoms with Gasteiger partial charge in [-0.15, -0.1) is 0 Å². The van der Waals surface area contributed by atoms with Gasteiger partial charge in [-0.3, -0.25) is 45.3 Å². The number of carbonyl (C=O) groups is 1. The third-order valence-electron chi connectivity index (χ3n) is 13.9. The Morgan fingerprint density at radius 1 is 0.459 bits per heavy atom. The summed E-state index contributed by atoms with van der Waals surface area (Å²) in [6.07, 6.45) is 4.69. The molecular formula is C63H63N13O9. The van der Waals surface area contributed by atoms with E-state index in [9.17, 15) is 45.3 Å². The SMILES string of the molecule is C=C(C#Cc1ccc(C(C)(C)C)cc1)N1CCN(c2ncccc2[N+](=O)[O-])CC1.C=C(C#Cc1cccc(C(C)=O)c1)N1CCN(c2ncccc2[N+](=O)[O-])CC1.C=C(C#Cc1cccc([N+](=O)[O-])c1)N1CCN(c2ncccc2[N+](=O)[O-])CC1. The van der Waals surface area contributed by atoms with E-state index in [1.807, 2.05) is 48.8 Å². The molecule has 3 saturated heterocycles. The Hall–Kier alpha value is -10.9. The Morgan fingerprint density at radius 2 is 0.812 bits per heavy atom. The maximum Gasteiger partial charge on any atom is 0.311 e. The van der Waals surface area contributed by atoms with Crippen LogP contribution in [0.4, 0.5) is 40.2 Å². The highest BCUT2D eigenvalue weighted by atomic mass is 16.6. The lowest BCUT2D eigenvalue weighted by molar-refractivity contribution is -0.385. The van der Waals surface area contributed by atoms with E-state index in [-0.39, 0.29) is 38.9 Å². The van der Waals surface area contributed by atoms with Crippen molar-refractivity contribution in [3.63, 3.8) is 0 Å². The highest BCUT2D eigenvalue weighted by Gasteiger charge is 2.28. The van der Waals surface area contributed by atoms with Crippen molar-refractivity contribution < 1.29 is 24.5 Å². The number of aromatic nitrogens is 3. The zero-order chi connectivity index (χ0) is 61.2. The Bertz CT molecular complexity index is 3530. The van der Waals surface area contributed by atoms with Crippen LogP contribution < -0.4 is 14.7 Å². The smallest absolute Gasteiger partial charge is 0.311 e. The van der Waals surface area contributed by atoms with Crippen molar-refractivity contribution in [3.05, 3.63) is 233 Å². The quantitative estimate of drug-likeness (QED) is 0.0507. The molecule has 9 rings (SSSR count). The van der Waals surface area contributed by atoms with E-state index in [1.165, 1.54) is 49.0 Å². The molecule has 0 amide bonds. The number of allylic oxidation sites excluding steroid dienone is 3. The van der Waals surface area contributed by atoms with Gasteiger partial charge < -0.3 is 29.4 Å². The average molecular weight is 1150 g/mol. The molecule has 6 aromatic rings. The summed E-state index contributed by atoms with van der Waals surface area (Å²) >= 11 is 0. The second kappa shape index (κ2) is 28.7. The number of pyridine rings is 3. The molecule has 0 unspecified atom stereocenters. The van der Waals surface area contributed by atoms with Gasteiger partial charge in [0.2, 0.25) is 17.5 Å². The first-order valence-electron chi connectivity index (χ1n) is 27.0. The van der Waals surface area contributed by atoms with E-state index in [1.54, 1.807) is 54.9 Å². The summed E-state index contributed by atoms with van der Waals surface area (Å²) in [6.45, 7) is 27.7. The maximum atomic E-state index is 11.5. The first kappa shape index (κ1) is 61.7. The minimum Gasteiger partial charge on any atom is -0.362 e. The predicted molar refractivity (Wildman–Crippen MR) is 327 cm³/mol. The highest BCUT2D eigenvalue weighted by molar-refractivity contribution is 5.94. The molecule has 3 aromatic carbocycles. The molecule has 22 heteroatoms. The summed E-state index contributed by atoms with van der Waals surface area (Å²) < 4.78 is 0. The molecular weight excluding hydrogens is 1080 g/mol. The van der Waals surface area contributed by atoms with Crippen LogP contribution in [0.1, 0.15) is 60.3 Å². The zero-order valence-corrected chi connectivity index (χ0v) is 47.7. The fraction of sp³-hybridized carbons (Fsp3) is 0.270. The van der Waals surface area contributed by atoms with Crippen LogP contribution in [0.25, 0.3) is 0 Å². The minimum atomic E-state index is -0.462. The molecule has 0 bridgehead atoms. The third kappa shape index (κ3) is 17.1. The standard InChI is InChI=1S/C23H26N4O2.C21H20N4O3.C19H17N5O4/c1-18(7-8-19-9-11-20(12-10-19)23(2,3)4)25-14-16-26(17-15-25)22-21(27(28)29)6-5-13-24-22;1-16(8-9-18-5-3-6-19(15-18)17(2)26)23-11-13-24(14-12-23)21-20(25(27)28)7-4-10-22-21;1-15(7-8-16-4-2-5-17(14-16)23(25)26)21-10-12-22(13-11-21)19-18(24(27)28)6-3-9-20-19/h5-6,9-13H,1,14-17H2,2-4H3;3-7,10,15H,1,11-14H2,2H3;2-6,9,14H,1,10-13H2. The van der Waals surface area contributed by atoms with E-state index in [2.05, 4.69) is 108 Å². The number of anilines is 3. The summed E-state index contributed by atoms with van der Waals surface area (Å²) in [5.41, 5.74) is 6.37. The van der Waals surface area contributed by atoms with Crippen LogP contribution >= 0.6 is 0 Å². The Morgan fingerprint density at radius 3 is 1.15 bits per heavy atom. The van der Waals surface area contributed by atoms with Crippen LogP contribution in [0.3, 0.4) is 0 Å². The number of carbonyl (C=O) groups excluding carboxylic acids is 1. The van der Waals surface area contributed by atoms with Gasteiger partial charge >= 0.3 is 17.1 Å². The Labute approximate surface area is 493 Å². The van der Waals surface area contributed by atoms with E-state index in [4.69, 9.17) is 0 Å². The molecule has 434 valence electrons. The number of rotatable bonds is 11. The number of benzene rings is 3. The van der Waals surface area contributed by atoms with Crippen LogP contribution in [-0.2, 0) is 5.41 Å². The van der Waals surface area contributed by atoms with E-state index < -0.39 is 14.8 Å². The highest BCUT2D eigenvalue weighted by Crippen LogP contribution is 2.29. The normalized spacial score (nSPS) is 13.7. The van der Waals surface area contributed by atoms with Crippen LogP contribution in [0.15, 0.2) is 165 Å². The molecule has 0 atom stereocenters. The van der Waals surface area contributed by atoms with Crippen molar-refractivity contribution in [2.45, 2.75) is 33.1 Å². The van der Waals surface area contributed by atoms with Gasteiger partial charge in [0, 0.05) is 150 Å². The minimum absolute atomic E-state index is 0.00205. The topological polar surface area (TPSA) is 248 Å². The van der Waals surface area contributed by atoms with E-state index in [0.717, 1.165) is 16.8 Å². The number of non-ortho nitro benzene ring substituents is 1. The number of hydrogen-bond donors (Lipinski definition) is 0. The lowest BCUT2D eigenvalue weighted by Gasteiger charge is -2.35. The van der Waals surface area contributed by atoms with Gasteiger partial charge in [-0.05, 0) is 84.2 Å². The molecule has 85 heavy (non-hydrogen) atoms. The van der Waals surface area contributed by atoms with Crippen molar-refractivity contribution in [2.75, 3.05) is 93.2 Å². The largest absolute Gasteiger partial charge is 0.362 e. The summed E-state index contributed by atoms with van der Waals surface area (Å²) in [5.74, 6) is 19.4. The number of nitro benzene ring substituents is 1. The number of Topliss-reactive ketones (excluding diaryl/α,β-unsaturated/α-hetero) is 1. The van der Waals surface area contributed by atoms with Gasteiger partial charge in [0.05, 0.1) is 36.8 Å². The predicted octanol–water partition coefficient (Wildman–Crippen LogP) is 9.44. The summed E-state index contributed by atoms with van der Waals surface area (Å²) in [4.78, 5) is 78.6. The fourth-order valence-electron chi connectivity index (χ4n) is 9.13. The van der Waals surface area contributed by atoms with E-state index in [0.29, 0.717) is 119 Å². The van der Waals surface area contributed by atoms with Crippen molar-refractivity contribution in [1.29, 1.82) is 0 Å². The van der Waals surface area contributed by atoms with E-state index >= 15 is 0 Å². The van der Waals surface area contributed by atoms with Crippen molar-refractivity contribution in [3.8, 4) is 35.5 Å². The molecule has 3 aromatic heterocycles. The molecule has 6 heterocycles.